The Kier molecular flexibility index (Phi) is 7.06. The smallest absolute Gasteiger partial charge is 0.359 e. The lowest BCUT2D eigenvalue weighted by atomic mass is 10.1. The number of rotatable bonds is 8. The molecule has 0 fully saturated rings. The van der Waals surface area contributed by atoms with E-state index in [0.29, 0.717) is 23.9 Å². The fraction of sp³-hybridized carbons (Fsp3) is 0.474. The fourth-order valence-electron chi connectivity index (χ4n) is 2.66. The van der Waals surface area contributed by atoms with Gasteiger partial charge in [-0.3, -0.25) is 9.59 Å². The van der Waals surface area contributed by atoms with Crippen molar-refractivity contribution in [2.45, 2.75) is 33.4 Å². The highest BCUT2D eigenvalue weighted by Gasteiger charge is 2.19. The third kappa shape index (κ3) is 5.37. The van der Waals surface area contributed by atoms with Gasteiger partial charge < -0.3 is 14.8 Å². The van der Waals surface area contributed by atoms with Crippen LogP contribution in [-0.2, 0) is 20.8 Å². The monoisotopic (exact) mass is 375 g/mol. The van der Waals surface area contributed by atoms with Gasteiger partial charge in [0.25, 0.3) is 11.5 Å². The molecule has 146 valence electrons. The van der Waals surface area contributed by atoms with E-state index in [9.17, 15) is 14.4 Å². The van der Waals surface area contributed by atoms with Crippen LogP contribution in [0.15, 0.2) is 29.1 Å². The number of fused-ring (bicyclic) bond motifs is 1. The Labute approximate surface area is 157 Å². The van der Waals surface area contributed by atoms with Crippen molar-refractivity contribution in [3.8, 4) is 0 Å². The molecule has 2 aromatic rings. The molecule has 27 heavy (non-hydrogen) atoms. The number of carbonyl (C=O) groups excluding carboxylic acids is 2. The van der Waals surface area contributed by atoms with Crippen LogP contribution in [0.2, 0.25) is 0 Å². The Hall–Kier alpha value is -2.74. The van der Waals surface area contributed by atoms with Crippen molar-refractivity contribution in [3.05, 3.63) is 40.3 Å². The van der Waals surface area contributed by atoms with E-state index in [0.717, 1.165) is 0 Å². The van der Waals surface area contributed by atoms with Crippen LogP contribution in [0.1, 0.15) is 31.3 Å². The number of carbonyl (C=O) groups is 2. The van der Waals surface area contributed by atoms with Crippen molar-refractivity contribution in [3.63, 3.8) is 0 Å². The maximum Gasteiger partial charge on any atom is 0.359 e. The summed E-state index contributed by atoms with van der Waals surface area (Å²) in [6, 6.07) is 6.52. The van der Waals surface area contributed by atoms with Crippen molar-refractivity contribution in [2.24, 2.45) is 5.92 Å². The van der Waals surface area contributed by atoms with E-state index in [4.69, 9.17) is 9.47 Å². The highest BCUT2D eigenvalue weighted by atomic mass is 16.5. The average molecular weight is 375 g/mol. The van der Waals surface area contributed by atoms with E-state index >= 15 is 0 Å². The third-order valence-electron chi connectivity index (χ3n) is 3.76. The molecule has 0 bridgehead atoms. The summed E-state index contributed by atoms with van der Waals surface area (Å²) < 4.78 is 11.3. The van der Waals surface area contributed by atoms with E-state index < -0.39 is 18.5 Å². The maximum absolute atomic E-state index is 12.6. The molecule has 0 aliphatic carbocycles. The molecule has 1 N–H and O–H groups in total. The van der Waals surface area contributed by atoms with Crippen LogP contribution in [-0.4, -0.2) is 48.0 Å². The molecule has 1 amide bonds. The van der Waals surface area contributed by atoms with E-state index in [2.05, 4.69) is 10.4 Å². The molecule has 0 saturated heterocycles. The van der Waals surface area contributed by atoms with Gasteiger partial charge >= 0.3 is 5.97 Å². The predicted octanol–water partition coefficient (Wildman–Crippen LogP) is 1.36. The molecule has 0 saturated carbocycles. The number of benzene rings is 1. The molecule has 0 radical (unpaired) electrons. The highest BCUT2D eigenvalue weighted by molar-refractivity contribution is 6.02. The van der Waals surface area contributed by atoms with Crippen LogP contribution in [0, 0.1) is 5.92 Å². The van der Waals surface area contributed by atoms with Gasteiger partial charge in [-0.1, -0.05) is 32.0 Å². The Bertz CT molecular complexity index is 875. The molecular formula is C19H25N3O5. The van der Waals surface area contributed by atoms with Gasteiger partial charge in [-0.25, -0.2) is 9.48 Å². The minimum absolute atomic E-state index is 0.0172. The van der Waals surface area contributed by atoms with Gasteiger partial charge in [0.05, 0.1) is 12.0 Å². The molecule has 8 heteroatoms. The molecule has 2 rings (SSSR count). The molecule has 1 atom stereocenters. The predicted molar refractivity (Wildman–Crippen MR) is 101 cm³/mol. The summed E-state index contributed by atoms with van der Waals surface area (Å²) in [6.07, 6.45) is 0. The van der Waals surface area contributed by atoms with Gasteiger partial charge in [0.1, 0.15) is 0 Å². The van der Waals surface area contributed by atoms with E-state index in [1.54, 1.807) is 31.2 Å². The Morgan fingerprint density at radius 1 is 1.19 bits per heavy atom. The van der Waals surface area contributed by atoms with Crippen molar-refractivity contribution < 1.29 is 19.1 Å². The van der Waals surface area contributed by atoms with Crippen LogP contribution >= 0.6 is 0 Å². The summed E-state index contributed by atoms with van der Waals surface area (Å²) in [4.78, 5) is 37.0. The minimum Gasteiger partial charge on any atom is -0.451 e. The zero-order valence-electron chi connectivity index (χ0n) is 16.0. The van der Waals surface area contributed by atoms with Crippen molar-refractivity contribution in [1.29, 1.82) is 0 Å². The van der Waals surface area contributed by atoms with Crippen molar-refractivity contribution in [1.82, 2.24) is 15.1 Å². The Balaban J connectivity index is 2.23. The largest absolute Gasteiger partial charge is 0.451 e. The minimum atomic E-state index is -0.752. The van der Waals surface area contributed by atoms with Crippen molar-refractivity contribution >= 4 is 22.6 Å². The van der Waals surface area contributed by atoms with E-state index in [-0.39, 0.29) is 23.2 Å². The van der Waals surface area contributed by atoms with Gasteiger partial charge in [-0.2, -0.15) is 5.10 Å². The number of methoxy groups -OCH3 is 1. The normalized spacial score (nSPS) is 12.2. The van der Waals surface area contributed by atoms with Gasteiger partial charge in [0.15, 0.2) is 12.3 Å². The summed E-state index contributed by atoms with van der Waals surface area (Å²) in [5, 5.41) is 7.63. The lowest BCUT2D eigenvalue weighted by Gasteiger charge is -2.14. The molecule has 0 aliphatic rings. The second-order valence-corrected chi connectivity index (χ2v) is 6.78. The molecule has 8 nitrogen and oxygen atoms in total. The first-order valence-corrected chi connectivity index (χ1v) is 8.78. The molecule has 0 aliphatic heterocycles. The standard InChI is InChI=1S/C19H25N3O5/c1-12(2)9-22-18(24)15-8-6-5-7-14(15)17(21-22)19(25)27-11-16(23)20-13(3)10-26-4/h5-8,12-13H,9-11H2,1-4H3,(H,20,23). The Morgan fingerprint density at radius 2 is 1.85 bits per heavy atom. The number of hydrogen-bond acceptors (Lipinski definition) is 6. The zero-order valence-corrected chi connectivity index (χ0v) is 16.0. The van der Waals surface area contributed by atoms with Gasteiger partial charge in [0.2, 0.25) is 0 Å². The van der Waals surface area contributed by atoms with E-state index in [1.807, 2.05) is 13.8 Å². The van der Waals surface area contributed by atoms with Crippen LogP contribution in [0.25, 0.3) is 10.8 Å². The number of nitrogens with zero attached hydrogens (tertiary/aromatic N) is 2. The SMILES string of the molecule is COCC(C)NC(=O)COC(=O)c1nn(CC(C)C)c(=O)c2ccccc12. The average Bonchev–Trinajstić information content (AvgIpc) is 2.62. The van der Waals surface area contributed by atoms with Crippen LogP contribution in [0.3, 0.4) is 0 Å². The number of nitrogens with one attached hydrogen (secondary N) is 1. The third-order valence-corrected chi connectivity index (χ3v) is 3.76. The molecular weight excluding hydrogens is 350 g/mol. The quantitative estimate of drug-likeness (QED) is 0.700. The highest BCUT2D eigenvalue weighted by Crippen LogP contribution is 2.14. The summed E-state index contributed by atoms with van der Waals surface area (Å²) in [5.41, 5.74) is -0.245. The van der Waals surface area contributed by atoms with Gasteiger partial charge in [-0.05, 0) is 18.9 Å². The fourth-order valence-corrected chi connectivity index (χ4v) is 2.66. The summed E-state index contributed by atoms with van der Waals surface area (Å²) in [5.74, 6) is -1.01. The molecule has 1 heterocycles. The lowest BCUT2D eigenvalue weighted by molar-refractivity contribution is -0.125. The second kappa shape index (κ2) is 9.27. The van der Waals surface area contributed by atoms with Crippen LogP contribution in [0.4, 0.5) is 0 Å². The second-order valence-electron chi connectivity index (χ2n) is 6.78. The van der Waals surface area contributed by atoms with Crippen LogP contribution in [0.5, 0.6) is 0 Å². The maximum atomic E-state index is 12.6. The number of ether oxygens (including phenoxy) is 2. The van der Waals surface area contributed by atoms with Crippen LogP contribution < -0.4 is 10.9 Å². The topological polar surface area (TPSA) is 99.5 Å². The van der Waals surface area contributed by atoms with Crippen molar-refractivity contribution in [2.75, 3.05) is 20.3 Å². The molecule has 0 spiro atoms. The molecule has 1 aromatic heterocycles. The van der Waals surface area contributed by atoms with Gasteiger partial charge in [-0.15, -0.1) is 0 Å². The molecule has 1 aromatic carbocycles. The van der Waals surface area contributed by atoms with Gasteiger partial charge in [0, 0.05) is 25.1 Å². The first-order chi connectivity index (χ1) is 12.8. The first kappa shape index (κ1) is 20.6. The zero-order chi connectivity index (χ0) is 20.0. The molecule has 1 unspecified atom stereocenters. The first-order valence-electron chi connectivity index (χ1n) is 8.78. The number of hydrogen-bond donors (Lipinski definition) is 1. The lowest BCUT2D eigenvalue weighted by Crippen LogP contribution is -2.38. The summed E-state index contributed by atoms with van der Waals surface area (Å²) in [6.45, 7) is 5.97. The van der Waals surface area contributed by atoms with E-state index in [1.165, 1.54) is 11.8 Å². The Morgan fingerprint density at radius 3 is 2.48 bits per heavy atom. The number of esters is 1. The number of aromatic nitrogens is 2. The summed E-state index contributed by atoms with van der Waals surface area (Å²) >= 11 is 0. The summed E-state index contributed by atoms with van der Waals surface area (Å²) in [7, 11) is 1.53. The number of amides is 1.